The first-order valence-corrected chi connectivity index (χ1v) is 14.5. The van der Waals surface area contributed by atoms with Gasteiger partial charge >= 0.3 is 7.12 Å². The lowest BCUT2D eigenvalue weighted by Crippen LogP contribution is -2.41. The Hall–Kier alpha value is -4.12. The SMILES string of the molecule is CC1(C)OB(c2ccc3c(c2)C2(c4ccccc4-3)c3ccccc3-c3c2ccc2oc4ccccc4c32)OC1(C)C. The van der Waals surface area contributed by atoms with Gasteiger partial charge in [0.1, 0.15) is 11.2 Å². The molecule has 0 saturated carbocycles. The molecule has 0 bridgehead atoms. The van der Waals surface area contributed by atoms with Crippen LogP contribution in [0, 0.1) is 0 Å². The van der Waals surface area contributed by atoms with Gasteiger partial charge in [-0.2, -0.15) is 0 Å². The molecule has 3 aliphatic rings. The Morgan fingerprint density at radius 2 is 1.17 bits per heavy atom. The van der Waals surface area contributed by atoms with Crippen LogP contribution in [0.2, 0.25) is 0 Å². The average Bonchev–Trinajstić information content (AvgIpc) is 3.65. The average molecular weight is 532 g/mol. The summed E-state index contributed by atoms with van der Waals surface area (Å²) >= 11 is 0. The van der Waals surface area contributed by atoms with Crippen LogP contribution in [-0.2, 0) is 14.7 Å². The Balaban J connectivity index is 1.39. The van der Waals surface area contributed by atoms with Crippen molar-refractivity contribution in [3.63, 3.8) is 0 Å². The Morgan fingerprint density at radius 3 is 1.95 bits per heavy atom. The molecule has 9 rings (SSSR count). The van der Waals surface area contributed by atoms with Gasteiger partial charge in [-0.25, -0.2) is 0 Å². The molecule has 1 spiro atoms. The van der Waals surface area contributed by atoms with Crippen molar-refractivity contribution in [3.8, 4) is 22.3 Å². The fraction of sp³-hybridized carbons (Fsp3) is 0.189. The summed E-state index contributed by atoms with van der Waals surface area (Å²) in [5, 5.41) is 2.35. The second-order valence-electron chi connectivity index (χ2n) is 12.7. The molecule has 4 heteroatoms. The standard InChI is InChI=1S/C37H29BO3/c1-35(2)36(3,4)41-38(40-35)22-17-18-24-23-11-5-8-14-27(23)37(30(24)21-22)28-15-9-6-12-25(28)33-29(37)19-20-32-34(33)26-13-7-10-16-31(26)39-32/h5-21H,1-4H3. The molecule has 5 aromatic carbocycles. The fourth-order valence-corrected chi connectivity index (χ4v) is 7.59. The van der Waals surface area contributed by atoms with Crippen LogP contribution >= 0.6 is 0 Å². The normalized spacial score (nSPS) is 20.9. The van der Waals surface area contributed by atoms with Gasteiger partial charge in [-0.1, -0.05) is 91.0 Å². The molecule has 1 saturated heterocycles. The van der Waals surface area contributed by atoms with Crippen LogP contribution in [0.25, 0.3) is 44.2 Å². The van der Waals surface area contributed by atoms with Crippen LogP contribution in [0.15, 0.2) is 108 Å². The minimum Gasteiger partial charge on any atom is -0.456 e. The van der Waals surface area contributed by atoms with Gasteiger partial charge in [-0.05, 0) is 89.8 Å². The minimum absolute atomic E-state index is 0.405. The molecule has 3 nitrogen and oxygen atoms in total. The summed E-state index contributed by atoms with van der Waals surface area (Å²) in [5.41, 5.74) is 11.9. The van der Waals surface area contributed by atoms with Crippen molar-refractivity contribution in [1.29, 1.82) is 0 Å². The Labute approximate surface area is 239 Å². The zero-order chi connectivity index (χ0) is 27.7. The van der Waals surface area contributed by atoms with Gasteiger partial charge in [0, 0.05) is 10.8 Å². The summed E-state index contributed by atoms with van der Waals surface area (Å²) in [4.78, 5) is 0. The fourth-order valence-electron chi connectivity index (χ4n) is 7.59. The largest absolute Gasteiger partial charge is 0.494 e. The molecule has 0 N–H and O–H groups in total. The van der Waals surface area contributed by atoms with Crippen LogP contribution in [0.5, 0.6) is 0 Å². The molecule has 1 atom stereocenters. The Morgan fingerprint density at radius 1 is 0.537 bits per heavy atom. The van der Waals surface area contributed by atoms with E-state index in [0.29, 0.717) is 0 Å². The molecule has 1 aliphatic heterocycles. The van der Waals surface area contributed by atoms with E-state index in [0.717, 1.165) is 22.0 Å². The van der Waals surface area contributed by atoms with Crippen molar-refractivity contribution in [3.05, 3.63) is 125 Å². The first-order valence-electron chi connectivity index (χ1n) is 14.5. The summed E-state index contributed by atoms with van der Waals surface area (Å²) in [6.07, 6.45) is 0. The van der Waals surface area contributed by atoms with Gasteiger partial charge in [0.2, 0.25) is 0 Å². The van der Waals surface area contributed by atoms with Crippen LogP contribution in [0.4, 0.5) is 0 Å². The third-order valence-electron chi connectivity index (χ3n) is 10.1. The number of fused-ring (bicyclic) bond motifs is 14. The van der Waals surface area contributed by atoms with Gasteiger partial charge in [0.25, 0.3) is 0 Å². The van der Waals surface area contributed by atoms with Gasteiger partial charge < -0.3 is 13.7 Å². The van der Waals surface area contributed by atoms with Crippen molar-refractivity contribution in [2.24, 2.45) is 0 Å². The molecule has 2 aliphatic carbocycles. The third-order valence-corrected chi connectivity index (χ3v) is 10.1. The first-order chi connectivity index (χ1) is 19.8. The molecular weight excluding hydrogens is 503 g/mol. The lowest BCUT2D eigenvalue weighted by Gasteiger charge is -2.32. The zero-order valence-corrected chi connectivity index (χ0v) is 23.6. The maximum atomic E-state index is 6.54. The predicted molar refractivity (Wildman–Crippen MR) is 166 cm³/mol. The maximum absolute atomic E-state index is 6.54. The number of para-hydroxylation sites is 1. The van der Waals surface area contributed by atoms with E-state index in [1.165, 1.54) is 49.9 Å². The van der Waals surface area contributed by atoms with Gasteiger partial charge in [-0.15, -0.1) is 0 Å². The lowest BCUT2D eigenvalue weighted by molar-refractivity contribution is 0.00578. The van der Waals surface area contributed by atoms with Gasteiger partial charge in [0.05, 0.1) is 16.6 Å². The van der Waals surface area contributed by atoms with E-state index in [-0.39, 0.29) is 0 Å². The molecule has 0 amide bonds. The van der Waals surface area contributed by atoms with Crippen molar-refractivity contribution >= 4 is 34.5 Å². The molecule has 2 heterocycles. The summed E-state index contributed by atoms with van der Waals surface area (Å²) in [7, 11) is -0.428. The molecule has 0 radical (unpaired) electrons. The molecule has 198 valence electrons. The second kappa shape index (κ2) is 7.58. The molecular formula is C37H29BO3. The minimum atomic E-state index is -0.454. The van der Waals surface area contributed by atoms with Crippen molar-refractivity contribution < 1.29 is 13.7 Å². The van der Waals surface area contributed by atoms with Crippen molar-refractivity contribution in [2.75, 3.05) is 0 Å². The van der Waals surface area contributed by atoms with Gasteiger partial charge in [0.15, 0.2) is 0 Å². The van der Waals surface area contributed by atoms with E-state index in [1.54, 1.807) is 0 Å². The highest BCUT2D eigenvalue weighted by Gasteiger charge is 2.55. The van der Waals surface area contributed by atoms with Gasteiger partial charge in [-0.3, -0.25) is 0 Å². The van der Waals surface area contributed by atoms with Crippen LogP contribution < -0.4 is 5.46 Å². The number of furan rings is 1. The Bertz CT molecular complexity index is 2070. The van der Waals surface area contributed by atoms with E-state index >= 15 is 0 Å². The summed E-state index contributed by atoms with van der Waals surface area (Å²) in [6.45, 7) is 8.45. The highest BCUT2D eigenvalue weighted by molar-refractivity contribution is 6.62. The lowest BCUT2D eigenvalue weighted by atomic mass is 9.68. The van der Waals surface area contributed by atoms with Crippen molar-refractivity contribution in [2.45, 2.75) is 44.3 Å². The molecule has 41 heavy (non-hydrogen) atoms. The molecule has 1 fully saturated rings. The summed E-state index contributed by atoms with van der Waals surface area (Å²) < 4.78 is 19.5. The maximum Gasteiger partial charge on any atom is 0.494 e. The van der Waals surface area contributed by atoms with Crippen LogP contribution in [-0.4, -0.2) is 18.3 Å². The number of hydrogen-bond donors (Lipinski definition) is 0. The number of benzene rings is 5. The third kappa shape index (κ3) is 2.77. The van der Waals surface area contributed by atoms with Crippen molar-refractivity contribution in [1.82, 2.24) is 0 Å². The quantitative estimate of drug-likeness (QED) is 0.200. The van der Waals surface area contributed by atoms with E-state index < -0.39 is 23.7 Å². The van der Waals surface area contributed by atoms with E-state index in [2.05, 4.69) is 125 Å². The van der Waals surface area contributed by atoms with Crippen LogP contribution in [0.1, 0.15) is 49.9 Å². The Kier molecular flexibility index (Phi) is 4.36. The zero-order valence-electron chi connectivity index (χ0n) is 23.6. The molecule has 1 unspecified atom stereocenters. The predicted octanol–water partition coefficient (Wildman–Crippen LogP) is 8.23. The van der Waals surface area contributed by atoms with Crippen LogP contribution in [0.3, 0.4) is 0 Å². The highest BCUT2D eigenvalue weighted by Crippen LogP contribution is 2.64. The smallest absolute Gasteiger partial charge is 0.456 e. The monoisotopic (exact) mass is 532 g/mol. The van der Waals surface area contributed by atoms with E-state index in [9.17, 15) is 0 Å². The highest BCUT2D eigenvalue weighted by atomic mass is 16.7. The summed E-state index contributed by atoms with van der Waals surface area (Å²) in [6, 6.07) is 37.5. The first kappa shape index (κ1) is 23.6. The number of hydrogen-bond acceptors (Lipinski definition) is 3. The van der Waals surface area contributed by atoms with E-state index in [4.69, 9.17) is 13.7 Å². The topological polar surface area (TPSA) is 31.6 Å². The second-order valence-corrected chi connectivity index (χ2v) is 12.7. The summed E-state index contributed by atoms with van der Waals surface area (Å²) in [5.74, 6) is 0. The van der Waals surface area contributed by atoms with E-state index in [1.807, 2.05) is 6.07 Å². The molecule has 6 aromatic rings. The molecule has 1 aromatic heterocycles. The number of rotatable bonds is 1.